The average molecular weight is 476 g/mol. The van der Waals surface area contributed by atoms with E-state index in [1.807, 2.05) is 31.2 Å². The lowest BCUT2D eigenvalue weighted by Crippen LogP contribution is -2.52. The average Bonchev–Trinajstić information content (AvgIpc) is 3.62. The van der Waals surface area contributed by atoms with Crippen LogP contribution in [0.2, 0.25) is 0 Å². The first kappa shape index (κ1) is 25.8. The molecular formula is C28H33N3O4. The number of anilines is 1. The van der Waals surface area contributed by atoms with Crippen molar-refractivity contribution in [3.8, 4) is 12.3 Å². The van der Waals surface area contributed by atoms with Crippen molar-refractivity contribution in [2.75, 3.05) is 5.32 Å². The van der Waals surface area contributed by atoms with Gasteiger partial charge in [0.25, 0.3) is 5.91 Å². The van der Waals surface area contributed by atoms with Crippen molar-refractivity contribution in [1.82, 2.24) is 10.2 Å². The highest BCUT2D eigenvalue weighted by atomic mass is 16.6. The second-order valence-electron chi connectivity index (χ2n) is 9.82. The molecule has 0 saturated heterocycles. The molecule has 35 heavy (non-hydrogen) atoms. The first-order chi connectivity index (χ1) is 16.5. The molecule has 2 aromatic carbocycles. The molecule has 3 amide bonds. The fourth-order valence-corrected chi connectivity index (χ4v) is 3.75. The van der Waals surface area contributed by atoms with Crippen LogP contribution < -0.4 is 10.6 Å². The predicted molar refractivity (Wildman–Crippen MR) is 136 cm³/mol. The number of nitrogens with zero attached hydrogens (tertiary/aromatic N) is 1. The number of carbonyl (C=O) groups is 3. The maximum atomic E-state index is 13.7. The number of para-hydroxylation sites is 1. The number of benzene rings is 2. The summed E-state index contributed by atoms with van der Waals surface area (Å²) in [6.07, 6.45) is 6.38. The lowest BCUT2D eigenvalue weighted by molar-refractivity contribution is -0.141. The van der Waals surface area contributed by atoms with Crippen LogP contribution in [-0.2, 0) is 14.3 Å². The molecule has 0 aliphatic heterocycles. The SMILES string of the molecule is C#Cc1ccc(C(C(=O)Nc2ccccc2C)N(C(=O)C(C)NC(=O)OC(C)(C)C)C2CC2)cc1. The third-order valence-electron chi connectivity index (χ3n) is 5.62. The Kier molecular flexibility index (Phi) is 7.85. The smallest absolute Gasteiger partial charge is 0.408 e. The van der Waals surface area contributed by atoms with E-state index in [1.165, 1.54) is 0 Å². The molecule has 0 spiro atoms. The molecule has 7 nitrogen and oxygen atoms in total. The number of terminal acetylenes is 1. The van der Waals surface area contributed by atoms with E-state index in [1.54, 1.807) is 56.9 Å². The van der Waals surface area contributed by atoms with E-state index in [0.717, 1.165) is 18.4 Å². The van der Waals surface area contributed by atoms with Crippen molar-refractivity contribution in [3.63, 3.8) is 0 Å². The topological polar surface area (TPSA) is 87.7 Å². The number of hydrogen-bond acceptors (Lipinski definition) is 4. The number of amides is 3. The molecule has 7 heteroatoms. The number of aryl methyl sites for hydroxylation is 1. The van der Waals surface area contributed by atoms with E-state index >= 15 is 0 Å². The largest absolute Gasteiger partial charge is 0.444 e. The van der Waals surface area contributed by atoms with Gasteiger partial charge in [0.05, 0.1) is 0 Å². The van der Waals surface area contributed by atoms with E-state index in [0.29, 0.717) is 16.8 Å². The first-order valence-electron chi connectivity index (χ1n) is 11.7. The summed E-state index contributed by atoms with van der Waals surface area (Å²) in [5.74, 6) is 1.88. The highest BCUT2D eigenvalue weighted by Gasteiger charge is 2.43. The molecule has 1 fully saturated rings. The van der Waals surface area contributed by atoms with Gasteiger partial charge in [-0.2, -0.15) is 0 Å². The molecule has 2 N–H and O–H groups in total. The normalized spacial score (nSPS) is 14.7. The zero-order valence-electron chi connectivity index (χ0n) is 20.9. The van der Waals surface area contributed by atoms with Gasteiger partial charge in [0.1, 0.15) is 17.7 Å². The summed E-state index contributed by atoms with van der Waals surface area (Å²) in [6, 6.07) is 12.6. The Labute approximate surface area is 207 Å². The molecule has 0 bridgehead atoms. The molecule has 1 aliphatic rings. The molecule has 0 radical (unpaired) electrons. The molecule has 1 aliphatic carbocycles. The van der Waals surface area contributed by atoms with Crippen molar-refractivity contribution >= 4 is 23.6 Å². The van der Waals surface area contributed by atoms with Crippen molar-refractivity contribution in [3.05, 3.63) is 65.2 Å². The number of ether oxygens (including phenoxy) is 1. The third-order valence-corrected chi connectivity index (χ3v) is 5.62. The fourth-order valence-electron chi connectivity index (χ4n) is 3.75. The molecule has 184 valence electrons. The summed E-state index contributed by atoms with van der Waals surface area (Å²) in [5, 5.41) is 5.59. The lowest BCUT2D eigenvalue weighted by atomic mass is 10.0. The van der Waals surface area contributed by atoms with Gasteiger partial charge >= 0.3 is 6.09 Å². The van der Waals surface area contributed by atoms with Crippen molar-refractivity contribution in [1.29, 1.82) is 0 Å². The van der Waals surface area contributed by atoms with Gasteiger partial charge in [-0.3, -0.25) is 9.59 Å². The van der Waals surface area contributed by atoms with Crippen molar-refractivity contribution in [2.24, 2.45) is 0 Å². The molecule has 0 aromatic heterocycles. The molecule has 2 unspecified atom stereocenters. The van der Waals surface area contributed by atoms with Gasteiger partial charge in [-0.05, 0) is 76.8 Å². The summed E-state index contributed by atoms with van der Waals surface area (Å²) >= 11 is 0. The second-order valence-corrected chi connectivity index (χ2v) is 9.82. The summed E-state index contributed by atoms with van der Waals surface area (Å²) in [6.45, 7) is 8.76. The van der Waals surface area contributed by atoms with Gasteiger partial charge in [0, 0.05) is 17.3 Å². The zero-order valence-corrected chi connectivity index (χ0v) is 20.9. The molecule has 3 rings (SSSR count). The van der Waals surface area contributed by atoms with E-state index in [2.05, 4.69) is 16.6 Å². The summed E-state index contributed by atoms with van der Waals surface area (Å²) in [4.78, 5) is 41.2. The first-order valence-corrected chi connectivity index (χ1v) is 11.7. The molecule has 1 saturated carbocycles. The Morgan fingerprint density at radius 3 is 2.26 bits per heavy atom. The highest BCUT2D eigenvalue weighted by Crippen LogP contribution is 2.36. The number of carbonyl (C=O) groups excluding carboxylic acids is 3. The molecule has 2 atom stereocenters. The van der Waals surface area contributed by atoms with Crippen LogP contribution in [0.5, 0.6) is 0 Å². The number of hydrogen-bond donors (Lipinski definition) is 2. The lowest BCUT2D eigenvalue weighted by Gasteiger charge is -2.34. The number of nitrogens with one attached hydrogen (secondary N) is 2. The maximum absolute atomic E-state index is 13.7. The minimum Gasteiger partial charge on any atom is -0.444 e. The van der Waals surface area contributed by atoms with Gasteiger partial charge in [-0.15, -0.1) is 6.42 Å². The van der Waals surface area contributed by atoms with Crippen molar-refractivity contribution < 1.29 is 19.1 Å². The van der Waals surface area contributed by atoms with E-state index < -0.39 is 23.8 Å². The van der Waals surface area contributed by atoms with E-state index in [-0.39, 0.29) is 17.9 Å². The van der Waals surface area contributed by atoms with Crippen molar-refractivity contribution in [2.45, 2.75) is 71.2 Å². The van der Waals surface area contributed by atoms with Crippen LogP contribution in [0.3, 0.4) is 0 Å². The highest BCUT2D eigenvalue weighted by molar-refractivity contribution is 5.99. The van der Waals surface area contributed by atoms with Gasteiger partial charge in [0.15, 0.2) is 0 Å². The Balaban J connectivity index is 1.93. The summed E-state index contributed by atoms with van der Waals surface area (Å²) in [5.41, 5.74) is 2.20. The standard InChI is InChI=1S/C28H33N3O4/c1-7-20-12-14-21(15-13-20)24(25(32)30-23-11-9-8-10-18(23)2)31(22-16-17-22)26(33)19(3)29-27(34)35-28(4,5)6/h1,8-15,19,22,24H,16-17H2,2-6H3,(H,29,34)(H,30,32). The van der Waals surface area contributed by atoms with Crippen LogP contribution in [0, 0.1) is 19.3 Å². The molecule has 2 aromatic rings. The second kappa shape index (κ2) is 10.6. The minimum atomic E-state index is -0.899. The van der Waals surface area contributed by atoms with Crippen LogP contribution in [0.15, 0.2) is 48.5 Å². The fraction of sp³-hybridized carbons (Fsp3) is 0.393. The summed E-state index contributed by atoms with van der Waals surface area (Å²) in [7, 11) is 0. The number of alkyl carbamates (subject to hydrolysis) is 1. The zero-order chi connectivity index (χ0) is 25.8. The van der Waals surface area contributed by atoms with Crippen LogP contribution in [-0.4, -0.2) is 40.5 Å². The van der Waals surface area contributed by atoms with Gasteiger partial charge < -0.3 is 20.3 Å². The van der Waals surface area contributed by atoms with Crippen LogP contribution in [0.25, 0.3) is 0 Å². The van der Waals surface area contributed by atoms with Gasteiger partial charge in [0.2, 0.25) is 5.91 Å². The predicted octanol–water partition coefficient (Wildman–Crippen LogP) is 4.56. The molecular weight excluding hydrogens is 442 g/mol. The number of rotatable bonds is 7. The van der Waals surface area contributed by atoms with Crippen LogP contribution in [0.4, 0.5) is 10.5 Å². The Bertz CT molecular complexity index is 1120. The Morgan fingerprint density at radius 2 is 1.71 bits per heavy atom. The van der Waals surface area contributed by atoms with Gasteiger partial charge in [-0.1, -0.05) is 36.3 Å². The quantitative estimate of drug-likeness (QED) is 0.575. The van der Waals surface area contributed by atoms with Crippen LogP contribution >= 0.6 is 0 Å². The van der Waals surface area contributed by atoms with Gasteiger partial charge in [-0.25, -0.2) is 4.79 Å². The van der Waals surface area contributed by atoms with Crippen LogP contribution in [0.1, 0.15) is 63.3 Å². The molecule has 0 heterocycles. The Morgan fingerprint density at radius 1 is 1.09 bits per heavy atom. The maximum Gasteiger partial charge on any atom is 0.408 e. The third kappa shape index (κ3) is 6.86. The Hall–Kier alpha value is -3.79. The van der Waals surface area contributed by atoms with E-state index in [9.17, 15) is 14.4 Å². The van der Waals surface area contributed by atoms with E-state index in [4.69, 9.17) is 11.2 Å². The minimum absolute atomic E-state index is 0.106. The monoisotopic (exact) mass is 475 g/mol. The summed E-state index contributed by atoms with van der Waals surface area (Å²) < 4.78 is 5.31.